The molecule has 11 heavy (non-hydrogen) atoms. The summed E-state index contributed by atoms with van der Waals surface area (Å²) in [6.07, 6.45) is 2.74. The highest BCUT2D eigenvalue weighted by atomic mass is 16.5. The summed E-state index contributed by atoms with van der Waals surface area (Å²) in [7, 11) is 1.54. The third-order valence-corrected chi connectivity index (χ3v) is 2.35. The molecule has 0 amide bonds. The smallest absolute Gasteiger partial charge is 0.114 e. The Morgan fingerprint density at radius 2 is 2.27 bits per heavy atom. The van der Waals surface area contributed by atoms with Crippen LogP contribution in [0, 0.1) is 0 Å². The maximum atomic E-state index is 9.76. The second-order valence-electron chi connectivity index (χ2n) is 3.30. The monoisotopic (exact) mass is 160 g/mol. The Hall–Kier alpha value is -0.120. The molecule has 1 aliphatic carbocycles. The summed E-state index contributed by atoms with van der Waals surface area (Å²) in [4.78, 5) is 0. The molecule has 1 rings (SSSR count). The van der Waals surface area contributed by atoms with Crippen LogP contribution < -0.4 is 0 Å². The van der Waals surface area contributed by atoms with Crippen LogP contribution in [-0.2, 0) is 4.74 Å². The molecule has 0 radical (unpaired) electrons. The van der Waals surface area contributed by atoms with Crippen LogP contribution in [0.3, 0.4) is 0 Å². The Balaban J connectivity index is 2.49. The molecule has 0 heterocycles. The topological polar surface area (TPSA) is 49.7 Å². The van der Waals surface area contributed by atoms with Gasteiger partial charge in [-0.15, -0.1) is 0 Å². The van der Waals surface area contributed by atoms with Gasteiger partial charge < -0.3 is 14.9 Å². The van der Waals surface area contributed by atoms with Crippen molar-refractivity contribution in [1.29, 1.82) is 0 Å². The zero-order valence-corrected chi connectivity index (χ0v) is 6.92. The van der Waals surface area contributed by atoms with E-state index in [2.05, 4.69) is 0 Å². The van der Waals surface area contributed by atoms with Crippen molar-refractivity contribution in [3.8, 4) is 0 Å². The molecule has 1 saturated carbocycles. The maximum absolute atomic E-state index is 9.76. The van der Waals surface area contributed by atoms with Gasteiger partial charge in [0.15, 0.2) is 0 Å². The highest BCUT2D eigenvalue weighted by Crippen LogP contribution is 2.28. The lowest BCUT2D eigenvalue weighted by atomic mass is 9.83. The van der Waals surface area contributed by atoms with Gasteiger partial charge in [0.25, 0.3) is 0 Å². The van der Waals surface area contributed by atoms with Gasteiger partial charge in [0.05, 0.1) is 12.7 Å². The summed E-state index contributed by atoms with van der Waals surface area (Å²) in [6.45, 7) is 0.244. The van der Waals surface area contributed by atoms with Gasteiger partial charge in [-0.3, -0.25) is 0 Å². The van der Waals surface area contributed by atoms with E-state index in [0.717, 1.165) is 12.8 Å². The molecule has 3 heteroatoms. The number of rotatable bonds is 2. The van der Waals surface area contributed by atoms with Gasteiger partial charge >= 0.3 is 0 Å². The van der Waals surface area contributed by atoms with Gasteiger partial charge in [-0.25, -0.2) is 0 Å². The quantitative estimate of drug-likeness (QED) is 0.610. The Labute approximate surface area is 67.0 Å². The minimum atomic E-state index is -0.979. The molecular weight excluding hydrogens is 144 g/mol. The maximum Gasteiger partial charge on any atom is 0.114 e. The van der Waals surface area contributed by atoms with Crippen molar-refractivity contribution >= 4 is 0 Å². The first-order valence-corrected chi connectivity index (χ1v) is 4.08. The second-order valence-corrected chi connectivity index (χ2v) is 3.30. The first kappa shape index (κ1) is 8.97. The van der Waals surface area contributed by atoms with E-state index < -0.39 is 11.7 Å². The fourth-order valence-electron chi connectivity index (χ4n) is 1.62. The molecule has 0 spiro atoms. The number of ether oxygens (including phenoxy) is 1. The summed E-state index contributed by atoms with van der Waals surface area (Å²) in [5, 5.41) is 19.2. The molecular formula is C8H16O3. The Bertz CT molecular complexity index is 123. The normalized spacial score (nSPS) is 39.0. The molecule has 1 aliphatic rings. The standard InChI is InChI=1S/C8H16O3/c1-11-6-8(10)5-3-2-4-7(8)9/h7,9-10H,2-6H2,1H3. The van der Waals surface area contributed by atoms with Crippen molar-refractivity contribution in [3.63, 3.8) is 0 Å². The van der Waals surface area contributed by atoms with Crippen molar-refractivity contribution in [1.82, 2.24) is 0 Å². The van der Waals surface area contributed by atoms with Crippen LogP contribution in [0.4, 0.5) is 0 Å². The molecule has 0 bridgehead atoms. The van der Waals surface area contributed by atoms with Gasteiger partial charge in [0, 0.05) is 7.11 Å². The molecule has 0 aromatic carbocycles. The van der Waals surface area contributed by atoms with Crippen LogP contribution in [0.5, 0.6) is 0 Å². The predicted octanol–water partition coefficient (Wildman–Crippen LogP) is 0.299. The Morgan fingerprint density at radius 3 is 2.82 bits per heavy atom. The lowest BCUT2D eigenvalue weighted by Gasteiger charge is -2.36. The van der Waals surface area contributed by atoms with Gasteiger partial charge in [-0.05, 0) is 12.8 Å². The molecule has 0 aromatic heterocycles. The van der Waals surface area contributed by atoms with E-state index in [4.69, 9.17) is 4.74 Å². The number of methoxy groups -OCH3 is 1. The second kappa shape index (κ2) is 3.52. The van der Waals surface area contributed by atoms with E-state index in [1.165, 1.54) is 0 Å². The third-order valence-electron chi connectivity index (χ3n) is 2.35. The average molecular weight is 160 g/mol. The van der Waals surface area contributed by atoms with E-state index in [1.54, 1.807) is 7.11 Å². The van der Waals surface area contributed by atoms with E-state index in [9.17, 15) is 10.2 Å². The molecule has 2 unspecified atom stereocenters. The molecule has 0 saturated heterocycles. The summed E-state index contributed by atoms with van der Waals surface area (Å²) in [5.41, 5.74) is -0.979. The average Bonchev–Trinajstić information content (AvgIpc) is 1.96. The van der Waals surface area contributed by atoms with Crippen LogP contribution in [0.15, 0.2) is 0 Å². The minimum absolute atomic E-state index is 0.244. The van der Waals surface area contributed by atoms with Gasteiger partial charge in [0.2, 0.25) is 0 Å². The zero-order valence-electron chi connectivity index (χ0n) is 6.92. The highest BCUT2D eigenvalue weighted by Gasteiger charge is 2.37. The fraction of sp³-hybridized carbons (Fsp3) is 1.00. The van der Waals surface area contributed by atoms with Crippen molar-refractivity contribution < 1.29 is 14.9 Å². The largest absolute Gasteiger partial charge is 0.390 e. The van der Waals surface area contributed by atoms with Crippen LogP contribution >= 0.6 is 0 Å². The molecule has 3 nitrogen and oxygen atoms in total. The zero-order chi connectivity index (χ0) is 8.32. The van der Waals surface area contributed by atoms with Crippen LogP contribution in [0.25, 0.3) is 0 Å². The minimum Gasteiger partial charge on any atom is -0.390 e. The summed E-state index contributed by atoms with van der Waals surface area (Å²) >= 11 is 0. The van der Waals surface area contributed by atoms with E-state index in [1.807, 2.05) is 0 Å². The Kier molecular flexibility index (Phi) is 2.87. The third kappa shape index (κ3) is 1.92. The molecule has 1 fully saturated rings. The number of aliphatic hydroxyl groups excluding tert-OH is 1. The fourth-order valence-corrected chi connectivity index (χ4v) is 1.62. The predicted molar refractivity (Wildman–Crippen MR) is 41.3 cm³/mol. The van der Waals surface area contributed by atoms with E-state index in [0.29, 0.717) is 12.8 Å². The van der Waals surface area contributed by atoms with Gasteiger partial charge in [-0.1, -0.05) is 12.8 Å². The van der Waals surface area contributed by atoms with Crippen molar-refractivity contribution in [3.05, 3.63) is 0 Å². The van der Waals surface area contributed by atoms with Crippen molar-refractivity contribution in [2.24, 2.45) is 0 Å². The molecule has 66 valence electrons. The number of aliphatic hydroxyl groups is 2. The molecule has 2 atom stereocenters. The van der Waals surface area contributed by atoms with Crippen LogP contribution in [0.1, 0.15) is 25.7 Å². The molecule has 0 aromatic rings. The lowest BCUT2D eigenvalue weighted by Crippen LogP contribution is -2.48. The van der Waals surface area contributed by atoms with Crippen molar-refractivity contribution in [2.45, 2.75) is 37.4 Å². The van der Waals surface area contributed by atoms with Crippen LogP contribution in [-0.4, -0.2) is 35.6 Å². The highest BCUT2D eigenvalue weighted by molar-refractivity contribution is 4.89. The molecule has 0 aliphatic heterocycles. The first-order valence-electron chi connectivity index (χ1n) is 4.08. The SMILES string of the molecule is COCC1(O)CCCCC1O. The van der Waals surface area contributed by atoms with Crippen molar-refractivity contribution in [2.75, 3.05) is 13.7 Å². The first-order chi connectivity index (χ1) is 5.19. The van der Waals surface area contributed by atoms with Gasteiger partial charge in [-0.2, -0.15) is 0 Å². The van der Waals surface area contributed by atoms with E-state index >= 15 is 0 Å². The Morgan fingerprint density at radius 1 is 1.55 bits per heavy atom. The summed E-state index contributed by atoms with van der Waals surface area (Å²) < 4.78 is 4.84. The molecule has 2 N–H and O–H groups in total. The summed E-state index contributed by atoms with van der Waals surface area (Å²) in [6, 6.07) is 0. The van der Waals surface area contributed by atoms with Gasteiger partial charge in [0.1, 0.15) is 5.60 Å². The lowest BCUT2D eigenvalue weighted by molar-refractivity contribution is -0.133. The van der Waals surface area contributed by atoms with Crippen LogP contribution in [0.2, 0.25) is 0 Å². The number of hydrogen-bond acceptors (Lipinski definition) is 3. The summed E-state index contributed by atoms with van der Waals surface area (Å²) in [5.74, 6) is 0. The van der Waals surface area contributed by atoms with E-state index in [-0.39, 0.29) is 6.61 Å². The number of hydrogen-bond donors (Lipinski definition) is 2.